The van der Waals surface area contributed by atoms with Gasteiger partial charge in [-0.2, -0.15) is 0 Å². The van der Waals surface area contributed by atoms with Crippen LogP contribution in [0.4, 0.5) is 0 Å². The molecule has 0 saturated heterocycles. The van der Waals surface area contributed by atoms with Crippen LogP contribution in [0.5, 0.6) is 0 Å². The Kier molecular flexibility index (Phi) is 2.70. The van der Waals surface area contributed by atoms with Gasteiger partial charge in [-0.05, 0) is 26.0 Å². The van der Waals surface area contributed by atoms with Crippen molar-refractivity contribution < 1.29 is 0 Å². The van der Waals surface area contributed by atoms with Crippen LogP contribution >= 0.6 is 0 Å². The van der Waals surface area contributed by atoms with Crippen LogP contribution in [0.15, 0.2) is 28.7 Å². The highest BCUT2D eigenvalue weighted by Gasteiger charge is 1.67. The van der Waals surface area contributed by atoms with Crippen molar-refractivity contribution >= 4 is 6.72 Å². The van der Waals surface area contributed by atoms with Gasteiger partial charge in [0, 0.05) is 0 Å². The Labute approximate surface area is 43.4 Å². The molecule has 1 heteroatoms. The quantitative estimate of drug-likeness (QED) is 0.344. The van der Waals surface area contributed by atoms with Crippen LogP contribution in [0.1, 0.15) is 6.92 Å². The molecule has 0 bridgehead atoms. The molecule has 7 heavy (non-hydrogen) atoms. The lowest BCUT2D eigenvalue weighted by Crippen LogP contribution is -1.55. The molecule has 0 heterocycles. The predicted molar refractivity (Wildman–Crippen MR) is 31.4 cm³/mol. The minimum absolute atomic E-state index is 0.718. The standard InChI is InChI=1S/C6H7N/c1-4-5-6(2)7-3/h1,3H2,2H3. The van der Waals surface area contributed by atoms with Gasteiger partial charge >= 0.3 is 0 Å². The first kappa shape index (κ1) is 5.97. The topological polar surface area (TPSA) is 12.4 Å². The van der Waals surface area contributed by atoms with E-state index < -0.39 is 0 Å². The van der Waals surface area contributed by atoms with Crippen molar-refractivity contribution in [1.29, 1.82) is 0 Å². The lowest BCUT2D eigenvalue weighted by molar-refractivity contribution is 1.34. The molecule has 0 atom stereocenters. The Hall–Kier alpha value is -1.03. The maximum absolute atomic E-state index is 3.53. The molecule has 1 nitrogen and oxygen atoms in total. The molecular formula is C6H7N. The first-order valence-corrected chi connectivity index (χ1v) is 1.89. The molecule has 0 aromatic heterocycles. The lowest BCUT2D eigenvalue weighted by atomic mass is 10.5. The summed E-state index contributed by atoms with van der Waals surface area (Å²) in [6, 6.07) is 0. The van der Waals surface area contributed by atoms with Gasteiger partial charge in [0.2, 0.25) is 0 Å². The fourth-order valence-corrected chi connectivity index (χ4v) is 0.167. The van der Waals surface area contributed by atoms with Gasteiger partial charge in [-0.1, -0.05) is 5.73 Å². The SMILES string of the molecule is C=C=C=C(C)N=C. The molecule has 0 aliphatic heterocycles. The first-order chi connectivity index (χ1) is 3.31. The van der Waals surface area contributed by atoms with E-state index in [1.54, 1.807) is 6.92 Å². The van der Waals surface area contributed by atoms with Crippen LogP contribution < -0.4 is 0 Å². The zero-order valence-corrected chi connectivity index (χ0v) is 4.36. The lowest BCUT2D eigenvalue weighted by Gasteiger charge is -1.73. The van der Waals surface area contributed by atoms with E-state index in [2.05, 4.69) is 29.8 Å². The minimum atomic E-state index is 0.718. The van der Waals surface area contributed by atoms with Crippen LogP contribution in [0.25, 0.3) is 0 Å². The molecule has 0 spiro atoms. The fraction of sp³-hybridized carbons (Fsp3) is 0.167. The number of allylic oxidation sites excluding steroid dienone is 1. The molecule has 0 unspecified atom stereocenters. The number of rotatable bonds is 1. The summed E-state index contributed by atoms with van der Waals surface area (Å²) in [7, 11) is 0. The molecule has 0 saturated carbocycles. The van der Waals surface area contributed by atoms with Crippen molar-refractivity contribution in [1.82, 2.24) is 0 Å². The summed E-state index contributed by atoms with van der Waals surface area (Å²) in [6.45, 7) is 8.35. The third-order valence-electron chi connectivity index (χ3n) is 0.506. The van der Waals surface area contributed by atoms with E-state index >= 15 is 0 Å². The molecule has 0 aliphatic carbocycles. The maximum atomic E-state index is 3.53. The van der Waals surface area contributed by atoms with Gasteiger partial charge in [-0.3, -0.25) is 4.99 Å². The highest BCUT2D eigenvalue weighted by atomic mass is 14.7. The normalized spacial score (nSPS) is 5.86. The van der Waals surface area contributed by atoms with Crippen molar-refractivity contribution in [3.05, 3.63) is 23.7 Å². The number of aliphatic imine (C=N–C) groups is 1. The largest absolute Gasteiger partial charge is 0.260 e. The highest BCUT2D eigenvalue weighted by Crippen LogP contribution is 1.84. The second-order valence-corrected chi connectivity index (χ2v) is 1.05. The van der Waals surface area contributed by atoms with Crippen LogP contribution in [-0.4, -0.2) is 6.72 Å². The Morgan fingerprint density at radius 2 is 2.29 bits per heavy atom. The molecule has 36 valence electrons. The Morgan fingerprint density at radius 3 is 2.43 bits per heavy atom. The molecule has 0 aromatic rings. The number of hydrogen-bond acceptors (Lipinski definition) is 1. The van der Waals surface area contributed by atoms with Gasteiger partial charge < -0.3 is 0 Å². The monoisotopic (exact) mass is 93.1 g/mol. The van der Waals surface area contributed by atoms with E-state index in [1.165, 1.54) is 0 Å². The second-order valence-electron chi connectivity index (χ2n) is 1.05. The van der Waals surface area contributed by atoms with Gasteiger partial charge in [0.15, 0.2) is 0 Å². The van der Waals surface area contributed by atoms with Crippen molar-refractivity contribution in [3.63, 3.8) is 0 Å². The summed E-state index contributed by atoms with van der Waals surface area (Å²) in [4.78, 5) is 3.53. The van der Waals surface area contributed by atoms with Crippen molar-refractivity contribution in [2.24, 2.45) is 4.99 Å². The van der Waals surface area contributed by atoms with E-state index in [-0.39, 0.29) is 0 Å². The minimum Gasteiger partial charge on any atom is -0.260 e. The average Bonchev–Trinajstić information content (AvgIpc) is 1.68. The summed E-state index contributed by atoms with van der Waals surface area (Å²) in [5.41, 5.74) is 5.79. The van der Waals surface area contributed by atoms with Crippen molar-refractivity contribution in [3.8, 4) is 0 Å². The summed E-state index contributed by atoms with van der Waals surface area (Å²) in [5, 5.41) is 0. The molecule has 0 N–H and O–H groups in total. The molecule has 0 aromatic carbocycles. The summed E-state index contributed by atoms with van der Waals surface area (Å²) in [6.07, 6.45) is 0. The summed E-state index contributed by atoms with van der Waals surface area (Å²) < 4.78 is 0. The zero-order valence-electron chi connectivity index (χ0n) is 4.36. The Balaban J connectivity index is 4.31. The Morgan fingerprint density at radius 1 is 1.71 bits per heavy atom. The van der Waals surface area contributed by atoms with E-state index in [0.717, 1.165) is 5.70 Å². The summed E-state index contributed by atoms with van der Waals surface area (Å²) >= 11 is 0. The number of nitrogens with zero attached hydrogens (tertiary/aromatic N) is 1. The molecule has 0 fully saturated rings. The molecule has 0 radical (unpaired) electrons. The predicted octanol–water partition coefficient (Wildman–Crippen LogP) is 1.53. The van der Waals surface area contributed by atoms with E-state index in [1.807, 2.05) is 0 Å². The van der Waals surface area contributed by atoms with E-state index in [4.69, 9.17) is 0 Å². The second kappa shape index (κ2) is 3.17. The fourth-order valence-electron chi connectivity index (χ4n) is 0.167. The Bertz CT molecular complexity index is 144. The van der Waals surface area contributed by atoms with Gasteiger partial charge in [-0.15, -0.1) is 0 Å². The third-order valence-corrected chi connectivity index (χ3v) is 0.506. The van der Waals surface area contributed by atoms with Gasteiger partial charge in [0.1, 0.15) is 0 Å². The smallest absolute Gasteiger partial charge is 0.0864 e. The van der Waals surface area contributed by atoms with E-state index in [0.29, 0.717) is 0 Å². The average molecular weight is 93.1 g/mol. The molecule has 0 rings (SSSR count). The van der Waals surface area contributed by atoms with Crippen LogP contribution in [0, 0.1) is 0 Å². The summed E-state index contributed by atoms with van der Waals surface area (Å²) in [5.74, 6) is 0. The zero-order chi connectivity index (χ0) is 5.70. The molecule has 0 aliphatic rings. The van der Waals surface area contributed by atoms with Gasteiger partial charge in [0.05, 0.1) is 5.70 Å². The molecule has 0 amide bonds. The third kappa shape index (κ3) is 2.78. The first-order valence-electron chi connectivity index (χ1n) is 1.89. The van der Waals surface area contributed by atoms with Crippen LogP contribution in [0.2, 0.25) is 0 Å². The van der Waals surface area contributed by atoms with E-state index in [9.17, 15) is 0 Å². The van der Waals surface area contributed by atoms with Crippen molar-refractivity contribution in [2.75, 3.05) is 0 Å². The van der Waals surface area contributed by atoms with Crippen molar-refractivity contribution in [2.45, 2.75) is 6.92 Å². The highest BCUT2D eigenvalue weighted by molar-refractivity contribution is 5.27. The maximum Gasteiger partial charge on any atom is 0.0864 e. The van der Waals surface area contributed by atoms with Gasteiger partial charge in [0.25, 0.3) is 0 Å². The number of hydrogen-bond donors (Lipinski definition) is 0. The van der Waals surface area contributed by atoms with Crippen LogP contribution in [-0.2, 0) is 0 Å². The van der Waals surface area contributed by atoms with Crippen LogP contribution in [0.3, 0.4) is 0 Å². The molecular weight excluding hydrogens is 86.1 g/mol. The van der Waals surface area contributed by atoms with Gasteiger partial charge in [-0.25, -0.2) is 0 Å².